The average molecular weight is 405 g/mol. The highest BCUT2D eigenvalue weighted by Gasteiger charge is 2.13. The molecule has 0 aliphatic heterocycles. The lowest BCUT2D eigenvalue weighted by molar-refractivity contribution is 1.15. The number of benzene rings is 1. The summed E-state index contributed by atoms with van der Waals surface area (Å²) in [6.45, 7) is 0. The van der Waals surface area contributed by atoms with E-state index in [4.69, 9.17) is 23.2 Å². The number of hydrogen-bond acceptors (Lipinski definition) is 4. The molecule has 124 valence electrons. The van der Waals surface area contributed by atoms with Crippen molar-refractivity contribution in [2.24, 2.45) is 0 Å². The standard InChI is InChI=1S/C18H10Cl2N2OS2/c19-12-3-1-4-13(20)10(12)6-7-15-21-17(23)16-11(9-25-18(16)22-15)14-5-2-8-24-14/h1-9H,(H,21,22,23). The van der Waals surface area contributed by atoms with Crippen LogP contribution < -0.4 is 5.56 Å². The van der Waals surface area contributed by atoms with Crippen LogP contribution in [0.15, 0.2) is 45.9 Å². The van der Waals surface area contributed by atoms with Crippen LogP contribution in [0.4, 0.5) is 0 Å². The molecule has 1 aromatic carbocycles. The van der Waals surface area contributed by atoms with Crippen LogP contribution in [-0.2, 0) is 0 Å². The molecule has 0 atom stereocenters. The van der Waals surface area contributed by atoms with E-state index < -0.39 is 0 Å². The van der Waals surface area contributed by atoms with Gasteiger partial charge < -0.3 is 4.98 Å². The van der Waals surface area contributed by atoms with Crippen LogP contribution in [0.2, 0.25) is 10.0 Å². The molecule has 0 spiro atoms. The highest BCUT2D eigenvalue weighted by molar-refractivity contribution is 7.18. The van der Waals surface area contributed by atoms with Crippen LogP contribution in [0.1, 0.15) is 11.4 Å². The lowest BCUT2D eigenvalue weighted by Gasteiger charge is -2.01. The van der Waals surface area contributed by atoms with Gasteiger partial charge in [-0.2, -0.15) is 0 Å². The van der Waals surface area contributed by atoms with Crippen molar-refractivity contribution in [3.63, 3.8) is 0 Å². The molecule has 0 unspecified atom stereocenters. The van der Waals surface area contributed by atoms with E-state index in [9.17, 15) is 4.79 Å². The summed E-state index contributed by atoms with van der Waals surface area (Å²) in [4.78, 5) is 21.7. The Morgan fingerprint density at radius 2 is 1.84 bits per heavy atom. The minimum absolute atomic E-state index is 0.153. The molecule has 0 aliphatic rings. The zero-order chi connectivity index (χ0) is 17.4. The van der Waals surface area contributed by atoms with E-state index in [1.807, 2.05) is 22.9 Å². The number of thiophene rings is 2. The van der Waals surface area contributed by atoms with Crippen molar-refractivity contribution in [3.05, 3.63) is 72.9 Å². The number of nitrogens with one attached hydrogen (secondary N) is 1. The van der Waals surface area contributed by atoms with Gasteiger partial charge in [0.15, 0.2) is 0 Å². The minimum Gasteiger partial charge on any atom is -0.306 e. The van der Waals surface area contributed by atoms with Crippen molar-refractivity contribution >= 4 is 68.2 Å². The van der Waals surface area contributed by atoms with E-state index in [2.05, 4.69) is 9.97 Å². The summed E-state index contributed by atoms with van der Waals surface area (Å²) in [5.41, 5.74) is 1.46. The normalized spacial score (nSPS) is 11.6. The van der Waals surface area contributed by atoms with Gasteiger partial charge in [-0.25, -0.2) is 4.98 Å². The predicted molar refractivity (Wildman–Crippen MR) is 109 cm³/mol. The van der Waals surface area contributed by atoms with E-state index in [-0.39, 0.29) is 5.56 Å². The van der Waals surface area contributed by atoms with Crippen molar-refractivity contribution in [2.45, 2.75) is 0 Å². The van der Waals surface area contributed by atoms with Gasteiger partial charge in [-0.15, -0.1) is 22.7 Å². The van der Waals surface area contributed by atoms with Gasteiger partial charge in [-0.3, -0.25) is 4.79 Å². The van der Waals surface area contributed by atoms with E-state index in [1.165, 1.54) is 11.3 Å². The third kappa shape index (κ3) is 3.16. The largest absolute Gasteiger partial charge is 0.306 e. The Hall–Kier alpha value is -1.92. The van der Waals surface area contributed by atoms with Crippen LogP contribution in [0, 0.1) is 0 Å². The second-order valence-corrected chi connectivity index (χ2v) is 7.85. The lowest BCUT2D eigenvalue weighted by Crippen LogP contribution is -2.08. The van der Waals surface area contributed by atoms with Gasteiger partial charge in [0.05, 0.1) is 5.39 Å². The first-order chi connectivity index (χ1) is 12.1. The van der Waals surface area contributed by atoms with Crippen LogP contribution in [-0.4, -0.2) is 9.97 Å². The summed E-state index contributed by atoms with van der Waals surface area (Å²) in [6, 6.07) is 9.28. The molecule has 0 saturated heterocycles. The van der Waals surface area contributed by atoms with Crippen LogP contribution >= 0.6 is 45.9 Å². The molecule has 4 aromatic rings. The monoisotopic (exact) mass is 404 g/mol. The second-order valence-electron chi connectivity index (χ2n) is 5.23. The molecule has 0 saturated carbocycles. The first-order valence-electron chi connectivity index (χ1n) is 7.31. The first kappa shape index (κ1) is 16.5. The maximum absolute atomic E-state index is 12.6. The van der Waals surface area contributed by atoms with Gasteiger partial charge in [0, 0.05) is 31.4 Å². The molecular weight excluding hydrogens is 395 g/mol. The van der Waals surface area contributed by atoms with Crippen LogP contribution in [0.5, 0.6) is 0 Å². The van der Waals surface area contributed by atoms with Gasteiger partial charge in [-0.1, -0.05) is 35.3 Å². The van der Waals surface area contributed by atoms with E-state index in [0.29, 0.717) is 31.6 Å². The Morgan fingerprint density at radius 3 is 2.56 bits per heavy atom. The number of fused-ring (bicyclic) bond motifs is 1. The van der Waals surface area contributed by atoms with E-state index in [1.54, 1.807) is 41.7 Å². The van der Waals surface area contributed by atoms with Crippen LogP contribution in [0.3, 0.4) is 0 Å². The molecule has 7 heteroatoms. The van der Waals surface area contributed by atoms with Gasteiger partial charge in [0.25, 0.3) is 5.56 Å². The Bertz CT molecular complexity index is 1120. The summed E-state index contributed by atoms with van der Waals surface area (Å²) in [7, 11) is 0. The predicted octanol–water partition coefficient (Wildman–Crippen LogP) is 6.19. The second kappa shape index (κ2) is 6.77. The highest BCUT2D eigenvalue weighted by Crippen LogP contribution is 2.33. The van der Waals surface area contributed by atoms with Crippen molar-refractivity contribution < 1.29 is 0 Å². The Labute approximate surface area is 161 Å². The minimum atomic E-state index is -0.153. The fourth-order valence-electron chi connectivity index (χ4n) is 2.49. The molecule has 0 bridgehead atoms. The SMILES string of the molecule is O=c1[nH]c(C=Cc2c(Cl)cccc2Cl)nc2scc(-c3cccs3)c12. The molecule has 0 fully saturated rings. The topological polar surface area (TPSA) is 45.8 Å². The number of H-pyrrole nitrogens is 1. The van der Waals surface area contributed by atoms with Crippen molar-refractivity contribution in [2.75, 3.05) is 0 Å². The number of aromatic amines is 1. The fourth-order valence-corrected chi connectivity index (χ4v) is 4.78. The molecule has 3 nitrogen and oxygen atoms in total. The molecule has 4 rings (SSSR count). The number of rotatable bonds is 3. The Morgan fingerprint density at radius 1 is 1.04 bits per heavy atom. The number of halogens is 2. The van der Waals surface area contributed by atoms with Crippen molar-refractivity contribution in [1.29, 1.82) is 0 Å². The summed E-state index contributed by atoms with van der Waals surface area (Å²) < 4.78 is 0. The van der Waals surface area contributed by atoms with Gasteiger partial charge in [0.2, 0.25) is 0 Å². The van der Waals surface area contributed by atoms with Gasteiger partial charge in [-0.05, 0) is 35.7 Å². The summed E-state index contributed by atoms with van der Waals surface area (Å²) in [6.07, 6.45) is 3.46. The summed E-state index contributed by atoms with van der Waals surface area (Å²) >= 11 is 15.4. The summed E-state index contributed by atoms with van der Waals surface area (Å²) in [5.74, 6) is 0.466. The summed E-state index contributed by atoms with van der Waals surface area (Å²) in [5, 5.41) is 5.68. The van der Waals surface area contributed by atoms with E-state index in [0.717, 1.165) is 10.4 Å². The van der Waals surface area contributed by atoms with Gasteiger partial charge >= 0.3 is 0 Å². The molecule has 0 amide bonds. The average Bonchev–Trinajstić information content (AvgIpc) is 3.23. The third-order valence-electron chi connectivity index (χ3n) is 3.66. The number of aromatic nitrogens is 2. The quantitative estimate of drug-likeness (QED) is 0.442. The highest BCUT2D eigenvalue weighted by atomic mass is 35.5. The molecule has 3 aromatic heterocycles. The van der Waals surface area contributed by atoms with Gasteiger partial charge in [0.1, 0.15) is 10.7 Å². The zero-order valence-corrected chi connectivity index (χ0v) is 15.8. The molecule has 1 N–H and O–H groups in total. The fraction of sp³-hybridized carbons (Fsp3) is 0. The number of nitrogens with zero attached hydrogens (tertiary/aromatic N) is 1. The Balaban J connectivity index is 1.78. The van der Waals surface area contributed by atoms with Crippen molar-refractivity contribution in [1.82, 2.24) is 9.97 Å². The smallest absolute Gasteiger partial charge is 0.260 e. The molecule has 0 aliphatic carbocycles. The Kier molecular flexibility index (Phi) is 4.48. The van der Waals surface area contributed by atoms with Crippen LogP contribution in [0.25, 0.3) is 32.8 Å². The molecule has 25 heavy (non-hydrogen) atoms. The number of hydrogen-bond donors (Lipinski definition) is 1. The maximum Gasteiger partial charge on any atom is 0.260 e. The lowest BCUT2D eigenvalue weighted by atomic mass is 10.2. The maximum atomic E-state index is 12.6. The molecule has 3 heterocycles. The van der Waals surface area contributed by atoms with E-state index >= 15 is 0 Å². The zero-order valence-electron chi connectivity index (χ0n) is 12.6. The molecular formula is C18H10Cl2N2OS2. The third-order valence-corrected chi connectivity index (χ3v) is 6.09. The first-order valence-corrected chi connectivity index (χ1v) is 9.82. The molecule has 0 radical (unpaired) electrons. The van der Waals surface area contributed by atoms with Crippen molar-refractivity contribution in [3.8, 4) is 10.4 Å².